The number of aromatic nitrogens is 2. The van der Waals surface area contributed by atoms with Gasteiger partial charge in [0.2, 0.25) is 0 Å². The number of halogens is 2. The van der Waals surface area contributed by atoms with E-state index in [-0.39, 0.29) is 33.8 Å². The van der Waals surface area contributed by atoms with Crippen LogP contribution in [0.5, 0.6) is 5.75 Å². The third-order valence-electron chi connectivity index (χ3n) is 3.92. The molecule has 1 aromatic heterocycles. The first-order valence-corrected chi connectivity index (χ1v) is 7.85. The zero-order valence-electron chi connectivity index (χ0n) is 14.1. The summed E-state index contributed by atoms with van der Waals surface area (Å²) in [6.45, 7) is 2.14. The Bertz CT molecular complexity index is 1010. The molecule has 1 amide bonds. The predicted molar refractivity (Wildman–Crippen MR) is 93.9 cm³/mol. The van der Waals surface area contributed by atoms with Crippen molar-refractivity contribution in [2.24, 2.45) is 0 Å². The molecule has 0 atom stereocenters. The van der Waals surface area contributed by atoms with E-state index in [0.717, 1.165) is 6.07 Å². The molecule has 0 aliphatic rings. The van der Waals surface area contributed by atoms with E-state index in [4.69, 9.17) is 10.5 Å². The first-order chi connectivity index (χ1) is 12.5. The maximum absolute atomic E-state index is 14.6. The van der Waals surface area contributed by atoms with Gasteiger partial charge in [0.1, 0.15) is 22.9 Å². The van der Waals surface area contributed by atoms with Gasteiger partial charge in [0.05, 0.1) is 23.9 Å². The summed E-state index contributed by atoms with van der Waals surface area (Å²) < 4.78 is 34.2. The second kappa shape index (κ2) is 6.91. The maximum atomic E-state index is 14.6. The van der Waals surface area contributed by atoms with Crippen molar-refractivity contribution >= 4 is 22.5 Å². The molecule has 1 heterocycles. The van der Waals surface area contributed by atoms with Gasteiger partial charge in [0, 0.05) is 11.9 Å². The lowest BCUT2D eigenvalue weighted by Crippen LogP contribution is -2.25. The molecule has 0 aliphatic heterocycles. The Morgan fingerprint density at radius 1 is 1.15 bits per heavy atom. The molecule has 6 nitrogen and oxygen atoms in total. The number of rotatable bonds is 4. The van der Waals surface area contributed by atoms with Gasteiger partial charge in [-0.1, -0.05) is 6.07 Å². The van der Waals surface area contributed by atoms with E-state index in [1.54, 1.807) is 6.92 Å². The maximum Gasteiger partial charge on any atom is 0.273 e. The third kappa shape index (κ3) is 2.79. The standard InChI is InChI=1S/C18H16F2N4O2/c1-3-22-18(25)17-15(21)9-7-8-11(20)14(16(9)23-24-17)13-10(19)5-4-6-12(13)26-2/h4-8H,3H2,1-2H3,(H2,21,23)(H,22,25). The minimum absolute atomic E-state index is 0.0394. The van der Waals surface area contributed by atoms with Crippen molar-refractivity contribution in [3.05, 3.63) is 47.7 Å². The molecule has 0 saturated carbocycles. The van der Waals surface area contributed by atoms with E-state index >= 15 is 0 Å². The number of nitrogen functional groups attached to an aromatic ring is 1. The number of anilines is 1. The number of hydrogen-bond donors (Lipinski definition) is 2. The number of carbonyl (C=O) groups excluding carboxylic acids is 1. The number of fused-ring (bicyclic) bond motifs is 1. The number of nitrogens with two attached hydrogens (primary N) is 1. The van der Waals surface area contributed by atoms with Gasteiger partial charge in [-0.15, -0.1) is 10.2 Å². The van der Waals surface area contributed by atoms with E-state index < -0.39 is 17.5 Å². The number of ether oxygens (including phenoxy) is 1. The highest BCUT2D eigenvalue weighted by atomic mass is 19.1. The number of nitrogens with one attached hydrogen (secondary N) is 1. The molecule has 0 radical (unpaired) electrons. The van der Waals surface area contributed by atoms with Gasteiger partial charge < -0.3 is 15.8 Å². The van der Waals surface area contributed by atoms with Crippen molar-refractivity contribution in [3.63, 3.8) is 0 Å². The first-order valence-electron chi connectivity index (χ1n) is 7.85. The Hall–Kier alpha value is -3.29. The molecule has 3 N–H and O–H groups in total. The van der Waals surface area contributed by atoms with Crippen LogP contribution in [0.25, 0.3) is 22.0 Å². The molecule has 134 valence electrons. The Balaban J connectivity index is 2.33. The Labute approximate surface area is 148 Å². The van der Waals surface area contributed by atoms with Crippen molar-refractivity contribution in [2.75, 3.05) is 19.4 Å². The molecule has 0 bridgehead atoms. The van der Waals surface area contributed by atoms with Crippen molar-refractivity contribution in [3.8, 4) is 16.9 Å². The molecule has 0 spiro atoms. The summed E-state index contributed by atoms with van der Waals surface area (Å²) in [5.74, 6) is -1.73. The molecule has 0 aliphatic carbocycles. The fourth-order valence-electron chi connectivity index (χ4n) is 2.74. The number of benzene rings is 2. The van der Waals surface area contributed by atoms with E-state index in [1.165, 1.54) is 31.4 Å². The lowest BCUT2D eigenvalue weighted by Gasteiger charge is -2.14. The van der Waals surface area contributed by atoms with E-state index in [0.29, 0.717) is 11.9 Å². The topological polar surface area (TPSA) is 90.1 Å². The number of methoxy groups -OCH3 is 1. The highest BCUT2D eigenvalue weighted by Crippen LogP contribution is 2.39. The fourth-order valence-corrected chi connectivity index (χ4v) is 2.74. The zero-order valence-corrected chi connectivity index (χ0v) is 14.1. The van der Waals surface area contributed by atoms with Gasteiger partial charge in [0.15, 0.2) is 5.69 Å². The molecule has 2 aromatic carbocycles. The highest BCUT2D eigenvalue weighted by molar-refractivity contribution is 6.08. The highest BCUT2D eigenvalue weighted by Gasteiger charge is 2.23. The van der Waals surface area contributed by atoms with Crippen LogP contribution in [0.2, 0.25) is 0 Å². The molecular formula is C18H16F2N4O2. The summed E-state index contributed by atoms with van der Waals surface area (Å²) in [6.07, 6.45) is 0. The summed E-state index contributed by atoms with van der Waals surface area (Å²) in [4.78, 5) is 12.0. The van der Waals surface area contributed by atoms with Crippen LogP contribution in [0.1, 0.15) is 17.4 Å². The predicted octanol–water partition coefficient (Wildman–Crippen LogP) is 2.92. The van der Waals surface area contributed by atoms with E-state index in [1.807, 2.05) is 0 Å². The van der Waals surface area contributed by atoms with Crippen LogP contribution < -0.4 is 15.8 Å². The molecule has 3 rings (SSSR count). The molecule has 0 saturated heterocycles. The smallest absolute Gasteiger partial charge is 0.273 e. The number of hydrogen-bond acceptors (Lipinski definition) is 5. The summed E-state index contributed by atoms with van der Waals surface area (Å²) in [7, 11) is 1.36. The van der Waals surface area contributed by atoms with E-state index in [9.17, 15) is 13.6 Å². The van der Waals surface area contributed by atoms with Gasteiger partial charge in [-0.25, -0.2) is 8.78 Å². The van der Waals surface area contributed by atoms with Crippen LogP contribution in [-0.2, 0) is 0 Å². The van der Waals surface area contributed by atoms with Crippen LogP contribution in [0.4, 0.5) is 14.5 Å². The number of carbonyl (C=O) groups is 1. The lowest BCUT2D eigenvalue weighted by atomic mass is 9.99. The Morgan fingerprint density at radius 2 is 1.88 bits per heavy atom. The van der Waals surface area contributed by atoms with Gasteiger partial charge in [-0.3, -0.25) is 4.79 Å². The van der Waals surface area contributed by atoms with Crippen LogP contribution in [0.3, 0.4) is 0 Å². The van der Waals surface area contributed by atoms with Crippen LogP contribution >= 0.6 is 0 Å². The molecule has 8 heteroatoms. The van der Waals surface area contributed by atoms with Crippen molar-refractivity contribution in [1.82, 2.24) is 15.5 Å². The number of amides is 1. The SMILES string of the molecule is CCNC(=O)c1nnc2c(-c3c(F)cccc3OC)c(F)ccc2c1N. The van der Waals surface area contributed by atoms with Gasteiger partial charge >= 0.3 is 0 Å². The van der Waals surface area contributed by atoms with Crippen LogP contribution in [0.15, 0.2) is 30.3 Å². The molecular weight excluding hydrogens is 342 g/mol. The summed E-state index contributed by atoms with van der Waals surface area (Å²) in [5.41, 5.74) is 5.84. The zero-order chi connectivity index (χ0) is 18.8. The summed E-state index contributed by atoms with van der Waals surface area (Å²) >= 11 is 0. The molecule has 26 heavy (non-hydrogen) atoms. The van der Waals surface area contributed by atoms with E-state index in [2.05, 4.69) is 15.5 Å². The lowest BCUT2D eigenvalue weighted by molar-refractivity contribution is 0.0951. The average Bonchev–Trinajstić information content (AvgIpc) is 2.62. The molecule has 3 aromatic rings. The normalized spacial score (nSPS) is 10.8. The number of nitrogens with zero attached hydrogens (tertiary/aromatic N) is 2. The fraction of sp³-hybridized carbons (Fsp3) is 0.167. The second-order valence-electron chi connectivity index (χ2n) is 5.46. The van der Waals surface area contributed by atoms with Gasteiger partial charge in [0.25, 0.3) is 5.91 Å². The first kappa shape index (κ1) is 17.5. The third-order valence-corrected chi connectivity index (χ3v) is 3.92. The summed E-state index contributed by atoms with van der Waals surface area (Å²) in [6, 6.07) is 6.68. The minimum atomic E-state index is -0.708. The minimum Gasteiger partial charge on any atom is -0.496 e. The largest absolute Gasteiger partial charge is 0.496 e. The Morgan fingerprint density at radius 3 is 2.58 bits per heavy atom. The monoisotopic (exact) mass is 358 g/mol. The van der Waals surface area contributed by atoms with Gasteiger partial charge in [-0.2, -0.15) is 0 Å². The van der Waals surface area contributed by atoms with Crippen LogP contribution in [-0.4, -0.2) is 29.8 Å². The molecule has 0 fully saturated rings. The quantitative estimate of drug-likeness (QED) is 0.748. The van der Waals surface area contributed by atoms with Gasteiger partial charge in [-0.05, 0) is 31.2 Å². The Kier molecular flexibility index (Phi) is 4.66. The average molecular weight is 358 g/mol. The van der Waals surface area contributed by atoms with Crippen molar-refractivity contribution < 1.29 is 18.3 Å². The molecule has 0 unspecified atom stereocenters. The van der Waals surface area contributed by atoms with Crippen molar-refractivity contribution in [2.45, 2.75) is 6.92 Å². The second-order valence-corrected chi connectivity index (χ2v) is 5.46. The van der Waals surface area contributed by atoms with Crippen molar-refractivity contribution in [1.29, 1.82) is 0 Å². The van der Waals surface area contributed by atoms with Crippen LogP contribution in [0, 0.1) is 11.6 Å². The summed E-state index contributed by atoms with van der Waals surface area (Å²) in [5, 5.41) is 10.6.